The third-order valence-electron chi connectivity index (χ3n) is 3.54. The van der Waals surface area contributed by atoms with Crippen molar-refractivity contribution < 1.29 is 9.53 Å². The molecule has 0 spiro atoms. The van der Waals surface area contributed by atoms with E-state index in [0.717, 1.165) is 34.5 Å². The van der Waals surface area contributed by atoms with Crippen molar-refractivity contribution in [2.75, 3.05) is 12.4 Å². The Kier molecular flexibility index (Phi) is 5.37. The fourth-order valence-electron chi connectivity index (χ4n) is 2.34. The SMILES string of the molecule is CCc1cccc(C)c1NC(=O)/C=C/c1ccccc1OC. The Morgan fingerprint density at radius 2 is 1.95 bits per heavy atom. The van der Waals surface area contributed by atoms with E-state index in [4.69, 9.17) is 4.74 Å². The summed E-state index contributed by atoms with van der Waals surface area (Å²) in [5.41, 5.74) is 3.98. The molecule has 22 heavy (non-hydrogen) atoms. The zero-order chi connectivity index (χ0) is 15.9. The molecule has 2 aromatic rings. The van der Waals surface area contributed by atoms with Crippen molar-refractivity contribution in [1.82, 2.24) is 0 Å². The third kappa shape index (κ3) is 3.76. The number of nitrogens with one attached hydrogen (secondary N) is 1. The van der Waals surface area contributed by atoms with Gasteiger partial charge in [-0.15, -0.1) is 0 Å². The van der Waals surface area contributed by atoms with Gasteiger partial charge >= 0.3 is 0 Å². The molecule has 2 aromatic carbocycles. The summed E-state index contributed by atoms with van der Waals surface area (Å²) in [6.07, 6.45) is 4.18. The molecule has 1 amide bonds. The van der Waals surface area contributed by atoms with Gasteiger partial charge in [-0.25, -0.2) is 0 Å². The molecule has 114 valence electrons. The van der Waals surface area contributed by atoms with Gasteiger partial charge in [-0.1, -0.05) is 43.3 Å². The van der Waals surface area contributed by atoms with E-state index in [1.807, 2.05) is 49.4 Å². The van der Waals surface area contributed by atoms with E-state index < -0.39 is 0 Å². The fraction of sp³-hybridized carbons (Fsp3) is 0.211. The van der Waals surface area contributed by atoms with Gasteiger partial charge in [-0.3, -0.25) is 4.79 Å². The van der Waals surface area contributed by atoms with Crippen LogP contribution in [0.2, 0.25) is 0 Å². The Balaban J connectivity index is 2.15. The molecule has 2 rings (SSSR count). The van der Waals surface area contributed by atoms with E-state index in [0.29, 0.717) is 0 Å². The Hall–Kier alpha value is -2.55. The number of hydrogen-bond acceptors (Lipinski definition) is 2. The number of carbonyl (C=O) groups is 1. The number of carbonyl (C=O) groups excluding carboxylic acids is 1. The molecule has 0 aliphatic rings. The number of methoxy groups -OCH3 is 1. The maximum atomic E-state index is 12.2. The predicted molar refractivity (Wildman–Crippen MR) is 91.2 cm³/mol. The zero-order valence-corrected chi connectivity index (χ0v) is 13.2. The van der Waals surface area contributed by atoms with Gasteiger partial charge in [-0.2, -0.15) is 0 Å². The summed E-state index contributed by atoms with van der Waals surface area (Å²) >= 11 is 0. The van der Waals surface area contributed by atoms with Gasteiger partial charge in [0, 0.05) is 17.3 Å². The molecule has 0 saturated heterocycles. The topological polar surface area (TPSA) is 38.3 Å². The highest BCUT2D eigenvalue weighted by Crippen LogP contribution is 2.22. The van der Waals surface area contributed by atoms with Crippen molar-refractivity contribution in [3.05, 3.63) is 65.2 Å². The second kappa shape index (κ2) is 7.46. The molecule has 0 atom stereocenters. The molecule has 0 bridgehead atoms. The Bertz CT molecular complexity index is 690. The van der Waals surface area contributed by atoms with Gasteiger partial charge < -0.3 is 10.1 Å². The molecule has 1 N–H and O–H groups in total. The Labute approximate surface area is 131 Å². The summed E-state index contributed by atoms with van der Waals surface area (Å²) < 4.78 is 5.27. The first-order valence-corrected chi connectivity index (χ1v) is 7.36. The molecule has 0 aliphatic heterocycles. The van der Waals surface area contributed by atoms with Crippen LogP contribution in [0.25, 0.3) is 6.08 Å². The van der Waals surface area contributed by atoms with Gasteiger partial charge in [0.15, 0.2) is 0 Å². The van der Waals surface area contributed by atoms with Crippen LogP contribution in [-0.2, 0) is 11.2 Å². The minimum atomic E-state index is -0.144. The molecule has 0 heterocycles. The van der Waals surface area contributed by atoms with Crippen LogP contribution < -0.4 is 10.1 Å². The van der Waals surface area contributed by atoms with Crippen molar-refractivity contribution in [1.29, 1.82) is 0 Å². The Morgan fingerprint density at radius 3 is 2.68 bits per heavy atom. The molecule has 0 saturated carbocycles. The lowest BCUT2D eigenvalue weighted by atomic mass is 10.1. The van der Waals surface area contributed by atoms with Gasteiger partial charge in [0.2, 0.25) is 5.91 Å². The van der Waals surface area contributed by atoms with Crippen LogP contribution in [-0.4, -0.2) is 13.0 Å². The van der Waals surface area contributed by atoms with Crippen molar-refractivity contribution in [3.8, 4) is 5.75 Å². The van der Waals surface area contributed by atoms with E-state index >= 15 is 0 Å². The maximum Gasteiger partial charge on any atom is 0.248 e. The second-order valence-corrected chi connectivity index (χ2v) is 5.03. The molecular weight excluding hydrogens is 274 g/mol. The summed E-state index contributed by atoms with van der Waals surface area (Å²) in [6.45, 7) is 4.08. The molecular formula is C19H21NO2. The molecule has 0 radical (unpaired) electrons. The highest BCUT2D eigenvalue weighted by molar-refractivity contribution is 6.03. The van der Waals surface area contributed by atoms with Crippen LogP contribution in [0.15, 0.2) is 48.5 Å². The van der Waals surface area contributed by atoms with Gasteiger partial charge in [0.05, 0.1) is 7.11 Å². The minimum Gasteiger partial charge on any atom is -0.496 e. The van der Waals surface area contributed by atoms with Crippen molar-refractivity contribution in [2.24, 2.45) is 0 Å². The molecule has 0 aromatic heterocycles. The quantitative estimate of drug-likeness (QED) is 0.839. The zero-order valence-electron chi connectivity index (χ0n) is 13.2. The number of ether oxygens (including phenoxy) is 1. The van der Waals surface area contributed by atoms with E-state index in [1.165, 1.54) is 6.08 Å². The summed E-state index contributed by atoms with van der Waals surface area (Å²) in [4.78, 5) is 12.2. The third-order valence-corrected chi connectivity index (χ3v) is 3.54. The van der Waals surface area contributed by atoms with E-state index in [1.54, 1.807) is 13.2 Å². The number of aryl methyl sites for hydroxylation is 2. The predicted octanol–water partition coefficient (Wildman–Crippen LogP) is 4.22. The number of amides is 1. The van der Waals surface area contributed by atoms with Crippen LogP contribution in [0.5, 0.6) is 5.75 Å². The van der Waals surface area contributed by atoms with E-state index in [9.17, 15) is 4.79 Å². The lowest BCUT2D eigenvalue weighted by Gasteiger charge is -2.11. The smallest absolute Gasteiger partial charge is 0.248 e. The standard InChI is InChI=1S/C19H21NO2/c1-4-15-10-7-8-14(2)19(15)20-18(21)13-12-16-9-5-6-11-17(16)22-3/h5-13H,4H2,1-3H3,(H,20,21)/b13-12+. The number of benzene rings is 2. The average molecular weight is 295 g/mol. The first kappa shape index (κ1) is 15.8. The second-order valence-electron chi connectivity index (χ2n) is 5.03. The van der Waals surface area contributed by atoms with Gasteiger partial charge in [0.25, 0.3) is 0 Å². The highest BCUT2D eigenvalue weighted by atomic mass is 16.5. The monoisotopic (exact) mass is 295 g/mol. The molecule has 0 aliphatic carbocycles. The number of hydrogen-bond donors (Lipinski definition) is 1. The molecule has 3 nitrogen and oxygen atoms in total. The normalized spacial score (nSPS) is 10.7. The van der Waals surface area contributed by atoms with Crippen LogP contribution >= 0.6 is 0 Å². The molecule has 0 fully saturated rings. The van der Waals surface area contributed by atoms with Crippen LogP contribution in [0, 0.1) is 6.92 Å². The molecule has 3 heteroatoms. The van der Waals surface area contributed by atoms with Crippen LogP contribution in [0.3, 0.4) is 0 Å². The van der Waals surface area contributed by atoms with Gasteiger partial charge in [0.1, 0.15) is 5.75 Å². The minimum absolute atomic E-state index is 0.144. The summed E-state index contributed by atoms with van der Waals surface area (Å²) in [7, 11) is 1.62. The fourth-order valence-corrected chi connectivity index (χ4v) is 2.34. The van der Waals surface area contributed by atoms with Crippen molar-refractivity contribution >= 4 is 17.7 Å². The summed E-state index contributed by atoms with van der Waals surface area (Å²) in [5.74, 6) is 0.603. The number of para-hydroxylation sites is 2. The lowest BCUT2D eigenvalue weighted by Crippen LogP contribution is -2.11. The average Bonchev–Trinajstić information content (AvgIpc) is 2.55. The van der Waals surface area contributed by atoms with E-state index in [2.05, 4.69) is 12.2 Å². The number of anilines is 1. The first-order chi connectivity index (χ1) is 10.7. The first-order valence-electron chi connectivity index (χ1n) is 7.36. The highest BCUT2D eigenvalue weighted by Gasteiger charge is 2.06. The van der Waals surface area contributed by atoms with Crippen molar-refractivity contribution in [3.63, 3.8) is 0 Å². The van der Waals surface area contributed by atoms with E-state index in [-0.39, 0.29) is 5.91 Å². The van der Waals surface area contributed by atoms with Crippen molar-refractivity contribution in [2.45, 2.75) is 20.3 Å². The van der Waals surface area contributed by atoms with Crippen LogP contribution in [0.1, 0.15) is 23.6 Å². The lowest BCUT2D eigenvalue weighted by molar-refractivity contribution is -0.111. The maximum absolute atomic E-state index is 12.2. The summed E-state index contributed by atoms with van der Waals surface area (Å²) in [5, 5.41) is 2.97. The van der Waals surface area contributed by atoms with Gasteiger partial charge in [-0.05, 0) is 36.6 Å². The number of rotatable bonds is 5. The molecule has 0 unspecified atom stereocenters. The van der Waals surface area contributed by atoms with Crippen LogP contribution in [0.4, 0.5) is 5.69 Å². The Morgan fingerprint density at radius 1 is 1.18 bits per heavy atom. The largest absolute Gasteiger partial charge is 0.496 e. The summed E-state index contributed by atoms with van der Waals surface area (Å²) in [6, 6.07) is 13.6.